The predicted molar refractivity (Wildman–Crippen MR) is 46.7 cm³/mol. The third kappa shape index (κ3) is 1.84. The number of benzene rings is 1. The van der Waals surface area contributed by atoms with E-state index < -0.39 is 5.60 Å². The van der Waals surface area contributed by atoms with Crippen LogP contribution in [0.1, 0.15) is 19.4 Å². The van der Waals surface area contributed by atoms with Crippen molar-refractivity contribution in [2.24, 2.45) is 0 Å². The van der Waals surface area contributed by atoms with Crippen molar-refractivity contribution in [2.75, 3.05) is 0 Å². The van der Waals surface area contributed by atoms with Crippen molar-refractivity contribution in [3.8, 4) is 17.2 Å². The van der Waals surface area contributed by atoms with Crippen LogP contribution in [0.15, 0.2) is 12.1 Å². The van der Waals surface area contributed by atoms with Gasteiger partial charge in [-0.25, -0.2) is 0 Å². The summed E-state index contributed by atoms with van der Waals surface area (Å²) in [5.74, 6) is -0.905. The maximum atomic E-state index is 9.54. The van der Waals surface area contributed by atoms with Crippen molar-refractivity contribution in [3.05, 3.63) is 17.7 Å². The molecule has 4 nitrogen and oxygen atoms in total. The van der Waals surface area contributed by atoms with Crippen LogP contribution < -0.4 is 0 Å². The molecule has 1 rings (SSSR count). The lowest BCUT2D eigenvalue weighted by atomic mass is 9.96. The normalized spacial score (nSPS) is 11.6. The monoisotopic (exact) mass is 184 g/mol. The van der Waals surface area contributed by atoms with Gasteiger partial charge in [0.1, 0.15) is 17.2 Å². The first-order valence-electron chi connectivity index (χ1n) is 3.80. The minimum absolute atomic E-state index is 0.00491. The largest absolute Gasteiger partial charge is 0.508 e. The number of phenolic OH excluding ortho intramolecular Hbond substituents is 3. The highest BCUT2D eigenvalue weighted by atomic mass is 16.3. The van der Waals surface area contributed by atoms with E-state index in [1.54, 1.807) is 0 Å². The summed E-state index contributed by atoms with van der Waals surface area (Å²) in [6, 6.07) is 2.13. The van der Waals surface area contributed by atoms with Crippen molar-refractivity contribution >= 4 is 0 Å². The molecule has 0 aromatic heterocycles. The molecule has 0 saturated carbocycles. The fraction of sp³-hybridized carbons (Fsp3) is 0.333. The molecule has 0 bridgehead atoms. The van der Waals surface area contributed by atoms with Crippen molar-refractivity contribution < 1.29 is 20.4 Å². The minimum Gasteiger partial charge on any atom is -0.508 e. The van der Waals surface area contributed by atoms with Crippen LogP contribution in [0.25, 0.3) is 0 Å². The number of aliphatic hydroxyl groups is 1. The van der Waals surface area contributed by atoms with Gasteiger partial charge in [0.15, 0.2) is 0 Å². The second-order valence-electron chi connectivity index (χ2n) is 3.42. The molecule has 0 unspecified atom stereocenters. The van der Waals surface area contributed by atoms with Crippen molar-refractivity contribution in [3.63, 3.8) is 0 Å². The van der Waals surface area contributed by atoms with E-state index in [1.165, 1.54) is 13.8 Å². The van der Waals surface area contributed by atoms with Crippen LogP contribution in [-0.4, -0.2) is 20.4 Å². The Hall–Kier alpha value is -1.42. The van der Waals surface area contributed by atoms with Gasteiger partial charge in [-0.15, -0.1) is 0 Å². The van der Waals surface area contributed by atoms with E-state index >= 15 is 0 Å². The molecule has 72 valence electrons. The van der Waals surface area contributed by atoms with Crippen LogP contribution in [-0.2, 0) is 5.60 Å². The number of phenols is 3. The van der Waals surface area contributed by atoms with Crippen LogP contribution in [0.5, 0.6) is 17.2 Å². The number of aromatic hydroxyl groups is 3. The first-order valence-corrected chi connectivity index (χ1v) is 3.80. The molecule has 4 N–H and O–H groups in total. The van der Waals surface area contributed by atoms with Gasteiger partial charge in [-0.3, -0.25) is 0 Å². The standard InChI is InChI=1S/C9H12O4/c1-9(2,13)8-6(11)3-5(10)4-7(8)12/h3-4,10-13H,1-2H3. The van der Waals surface area contributed by atoms with E-state index in [-0.39, 0.29) is 22.8 Å². The molecule has 1 aromatic carbocycles. The van der Waals surface area contributed by atoms with E-state index in [0.29, 0.717) is 0 Å². The molecule has 0 heterocycles. The average Bonchev–Trinajstić information content (AvgIpc) is 1.78. The molecule has 0 aliphatic heterocycles. The molecule has 0 saturated heterocycles. The van der Waals surface area contributed by atoms with E-state index in [4.69, 9.17) is 5.11 Å². The molecule has 0 spiro atoms. The zero-order valence-corrected chi connectivity index (χ0v) is 7.44. The highest BCUT2D eigenvalue weighted by molar-refractivity contribution is 5.51. The molecule has 13 heavy (non-hydrogen) atoms. The Kier molecular flexibility index (Phi) is 2.09. The summed E-state index contributed by atoms with van der Waals surface area (Å²) in [5.41, 5.74) is -1.34. The van der Waals surface area contributed by atoms with Gasteiger partial charge >= 0.3 is 0 Å². The Balaban J connectivity index is 3.38. The summed E-state index contributed by atoms with van der Waals surface area (Å²) in [4.78, 5) is 0. The maximum Gasteiger partial charge on any atom is 0.129 e. The molecule has 0 amide bonds. The third-order valence-electron chi connectivity index (χ3n) is 1.69. The van der Waals surface area contributed by atoms with Gasteiger partial charge in [0.05, 0.1) is 11.2 Å². The molecule has 0 aliphatic carbocycles. The van der Waals surface area contributed by atoms with Gasteiger partial charge in [-0.2, -0.15) is 0 Å². The summed E-state index contributed by atoms with van der Waals surface area (Å²) in [7, 11) is 0. The van der Waals surface area contributed by atoms with Gasteiger partial charge < -0.3 is 20.4 Å². The lowest BCUT2D eigenvalue weighted by Gasteiger charge is -2.20. The summed E-state index contributed by atoms with van der Waals surface area (Å²) >= 11 is 0. The minimum atomic E-state index is -1.35. The average molecular weight is 184 g/mol. The van der Waals surface area contributed by atoms with Crippen LogP contribution in [0.3, 0.4) is 0 Å². The van der Waals surface area contributed by atoms with E-state index in [1.807, 2.05) is 0 Å². The first kappa shape index (κ1) is 9.67. The fourth-order valence-electron chi connectivity index (χ4n) is 1.22. The Morgan fingerprint density at radius 1 is 1.00 bits per heavy atom. The van der Waals surface area contributed by atoms with Gasteiger partial charge in [0, 0.05) is 12.1 Å². The van der Waals surface area contributed by atoms with Crippen LogP contribution in [0.2, 0.25) is 0 Å². The lowest BCUT2D eigenvalue weighted by Crippen LogP contribution is -2.15. The fourth-order valence-corrected chi connectivity index (χ4v) is 1.22. The number of hydrogen-bond donors (Lipinski definition) is 4. The van der Waals surface area contributed by atoms with Gasteiger partial charge in [-0.05, 0) is 13.8 Å². The van der Waals surface area contributed by atoms with E-state index in [0.717, 1.165) is 12.1 Å². The van der Waals surface area contributed by atoms with Crippen LogP contribution >= 0.6 is 0 Å². The second kappa shape index (κ2) is 2.81. The topological polar surface area (TPSA) is 80.9 Å². The van der Waals surface area contributed by atoms with Crippen molar-refractivity contribution in [1.82, 2.24) is 0 Å². The van der Waals surface area contributed by atoms with E-state index in [2.05, 4.69) is 0 Å². The maximum absolute atomic E-state index is 9.54. The molecule has 4 heteroatoms. The SMILES string of the molecule is CC(C)(O)c1c(O)cc(O)cc1O. The molecular formula is C9H12O4. The van der Waals surface area contributed by atoms with Gasteiger partial charge in [0.2, 0.25) is 0 Å². The highest BCUT2D eigenvalue weighted by Gasteiger charge is 2.24. The second-order valence-corrected chi connectivity index (χ2v) is 3.42. The van der Waals surface area contributed by atoms with Crippen LogP contribution in [0, 0.1) is 0 Å². The Morgan fingerprint density at radius 2 is 1.38 bits per heavy atom. The third-order valence-corrected chi connectivity index (χ3v) is 1.69. The van der Waals surface area contributed by atoms with Crippen LogP contribution in [0.4, 0.5) is 0 Å². The molecule has 0 aliphatic rings. The first-order chi connectivity index (χ1) is 5.82. The number of rotatable bonds is 1. The van der Waals surface area contributed by atoms with Gasteiger partial charge in [0.25, 0.3) is 0 Å². The van der Waals surface area contributed by atoms with Crippen molar-refractivity contribution in [2.45, 2.75) is 19.4 Å². The number of hydrogen-bond acceptors (Lipinski definition) is 4. The summed E-state index contributed by atoms with van der Waals surface area (Å²) in [6.07, 6.45) is 0. The molecule has 0 atom stereocenters. The molecular weight excluding hydrogens is 172 g/mol. The molecule has 0 fully saturated rings. The molecule has 0 radical (unpaired) electrons. The smallest absolute Gasteiger partial charge is 0.129 e. The highest BCUT2D eigenvalue weighted by Crippen LogP contribution is 2.38. The Morgan fingerprint density at radius 3 is 1.69 bits per heavy atom. The Labute approximate surface area is 75.7 Å². The summed E-state index contributed by atoms with van der Waals surface area (Å²) in [6.45, 7) is 2.86. The molecule has 1 aromatic rings. The predicted octanol–water partition coefficient (Wildman–Crippen LogP) is 1.03. The van der Waals surface area contributed by atoms with Gasteiger partial charge in [-0.1, -0.05) is 0 Å². The van der Waals surface area contributed by atoms with Crippen molar-refractivity contribution in [1.29, 1.82) is 0 Å². The lowest BCUT2D eigenvalue weighted by molar-refractivity contribution is 0.0729. The summed E-state index contributed by atoms with van der Waals surface area (Å²) in [5, 5.41) is 37.2. The zero-order chi connectivity index (χ0) is 10.2. The summed E-state index contributed by atoms with van der Waals surface area (Å²) < 4.78 is 0. The van der Waals surface area contributed by atoms with E-state index in [9.17, 15) is 15.3 Å². The Bertz CT molecular complexity index is 302. The zero-order valence-electron chi connectivity index (χ0n) is 7.44. The quantitative estimate of drug-likeness (QED) is 0.525.